The summed E-state index contributed by atoms with van der Waals surface area (Å²) in [5.41, 5.74) is 0. The lowest BCUT2D eigenvalue weighted by molar-refractivity contribution is -0.125. The van der Waals surface area contributed by atoms with Crippen LogP contribution in [0.3, 0.4) is 0 Å². The van der Waals surface area contributed by atoms with Gasteiger partial charge < -0.3 is 5.32 Å². The predicted molar refractivity (Wildman–Crippen MR) is 57.2 cm³/mol. The Bertz CT molecular complexity index is 233. The number of carbonyl (C=O) groups is 2. The summed E-state index contributed by atoms with van der Waals surface area (Å²) in [6.45, 7) is 2.93. The molecule has 2 amide bonds. The Hall–Kier alpha value is -0.550. The average molecular weight is 216 g/mol. The number of rotatable bonds is 5. The Labute approximate surface area is 88.2 Å². The van der Waals surface area contributed by atoms with Gasteiger partial charge in [0, 0.05) is 5.25 Å². The van der Waals surface area contributed by atoms with E-state index >= 15 is 0 Å². The van der Waals surface area contributed by atoms with Gasteiger partial charge in [-0.3, -0.25) is 14.9 Å². The van der Waals surface area contributed by atoms with E-state index in [2.05, 4.69) is 23.8 Å². The van der Waals surface area contributed by atoms with Crippen LogP contribution in [0, 0.1) is 0 Å². The number of imide groups is 1. The second kappa shape index (κ2) is 5.36. The molecule has 14 heavy (non-hydrogen) atoms. The SMILES string of the molecule is CSC(C)CCNC1CC(=O)NC1=O. The van der Waals surface area contributed by atoms with Crippen LogP contribution in [-0.4, -0.2) is 35.9 Å². The summed E-state index contributed by atoms with van der Waals surface area (Å²) in [5, 5.41) is 5.94. The van der Waals surface area contributed by atoms with E-state index < -0.39 is 0 Å². The summed E-state index contributed by atoms with van der Waals surface area (Å²) in [7, 11) is 0. The van der Waals surface area contributed by atoms with Crippen molar-refractivity contribution in [1.82, 2.24) is 10.6 Å². The highest BCUT2D eigenvalue weighted by molar-refractivity contribution is 7.99. The first-order chi connectivity index (χ1) is 6.63. The highest BCUT2D eigenvalue weighted by atomic mass is 32.2. The van der Waals surface area contributed by atoms with E-state index in [0.29, 0.717) is 5.25 Å². The lowest BCUT2D eigenvalue weighted by Crippen LogP contribution is -2.37. The summed E-state index contributed by atoms with van der Waals surface area (Å²) >= 11 is 1.80. The van der Waals surface area contributed by atoms with E-state index in [9.17, 15) is 9.59 Å². The third-order valence-electron chi connectivity index (χ3n) is 2.31. The highest BCUT2D eigenvalue weighted by Gasteiger charge is 2.29. The predicted octanol–water partition coefficient (Wildman–Crippen LogP) is 0.133. The lowest BCUT2D eigenvalue weighted by Gasteiger charge is -2.11. The number of hydrogen-bond acceptors (Lipinski definition) is 4. The third-order valence-corrected chi connectivity index (χ3v) is 3.35. The van der Waals surface area contributed by atoms with E-state index in [0.717, 1.165) is 13.0 Å². The number of carbonyl (C=O) groups excluding carboxylic acids is 2. The molecule has 0 spiro atoms. The van der Waals surface area contributed by atoms with E-state index in [1.807, 2.05) is 0 Å². The average Bonchev–Trinajstić information content (AvgIpc) is 2.45. The van der Waals surface area contributed by atoms with Crippen LogP contribution in [0.4, 0.5) is 0 Å². The van der Waals surface area contributed by atoms with Gasteiger partial charge in [-0.1, -0.05) is 6.92 Å². The van der Waals surface area contributed by atoms with Crippen LogP contribution in [0.25, 0.3) is 0 Å². The molecule has 1 rings (SSSR count). The molecule has 2 unspecified atom stereocenters. The fourth-order valence-corrected chi connectivity index (χ4v) is 1.65. The first-order valence-corrected chi connectivity index (χ1v) is 6.02. The molecule has 4 nitrogen and oxygen atoms in total. The van der Waals surface area contributed by atoms with Gasteiger partial charge in [0.15, 0.2) is 0 Å². The first kappa shape index (κ1) is 11.5. The van der Waals surface area contributed by atoms with Crippen molar-refractivity contribution in [2.75, 3.05) is 12.8 Å². The summed E-state index contributed by atoms with van der Waals surface area (Å²) < 4.78 is 0. The normalized spacial score (nSPS) is 23.7. The van der Waals surface area contributed by atoms with Crippen LogP contribution in [0.1, 0.15) is 19.8 Å². The molecular formula is C9H16N2O2S. The van der Waals surface area contributed by atoms with Crippen molar-refractivity contribution in [3.63, 3.8) is 0 Å². The monoisotopic (exact) mass is 216 g/mol. The van der Waals surface area contributed by atoms with Gasteiger partial charge in [-0.15, -0.1) is 0 Å². The topological polar surface area (TPSA) is 58.2 Å². The first-order valence-electron chi connectivity index (χ1n) is 4.73. The smallest absolute Gasteiger partial charge is 0.244 e. The van der Waals surface area contributed by atoms with Gasteiger partial charge >= 0.3 is 0 Å². The highest BCUT2D eigenvalue weighted by Crippen LogP contribution is 2.09. The fraction of sp³-hybridized carbons (Fsp3) is 0.778. The minimum Gasteiger partial charge on any atom is -0.305 e. The van der Waals surface area contributed by atoms with Crippen molar-refractivity contribution >= 4 is 23.6 Å². The van der Waals surface area contributed by atoms with Gasteiger partial charge in [0.25, 0.3) is 0 Å². The molecule has 1 aliphatic heterocycles. The lowest BCUT2D eigenvalue weighted by atomic mass is 10.2. The second-order valence-electron chi connectivity index (χ2n) is 3.46. The second-order valence-corrected chi connectivity index (χ2v) is 4.73. The molecule has 0 bridgehead atoms. The van der Waals surface area contributed by atoms with Gasteiger partial charge in [0.2, 0.25) is 11.8 Å². The zero-order valence-corrected chi connectivity index (χ0v) is 9.32. The minimum atomic E-state index is -0.309. The van der Waals surface area contributed by atoms with Crippen molar-refractivity contribution in [1.29, 1.82) is 0 Å². The largest absolute Gasteiger partial charge is 0.305 e. The molecule has 0 saturated carbocycles. The Morgan fingerprint density at radius 2 is 2.36 bits per heavy atom. The van der Waals surface area contributed by atoms with Crippen LogP contribution in [0.5, 0.6) is 0 Å². The summed E-state index contributed by atoms with van der Waals surface area (Å²) in [6.07, 6.45) is 3.36. The molecular weight excluding hydrogens is 200 g/mol. The molecule has 0 radical (unpaired) electrons. The van der Waals surface area contributed by atoms with Gasteiger partial charge in [-0.2, -0.15) is 11.8 Å². The molecule has 1 fully saturated rings. The molecule has 1 saturated heterocycles. The quantitative estimate of drug-likeness (QED) is 0.642. The summed E-state index contributed by atoms with van der Waals surface area (Å²) in [5.74, 6) is -0.364. The van der Waals surface area contributed by atoms with Crippen molar-refractivity contribution in [2.45, 2.75) is 31.1 Å². The Balaban J connectivity index is 2.19. The van der Waals surface area contributed by atoms with E-state index in [-0.39, 0.29) is 24.3 Å². The molecule has 0 aromatic heterocycles. The molecule has 2 atom stereocenters. The maximum absolute atomic E-state index is 11.1. The van der Waals surface area contributed by atoms with Crippen LogP contribution in [0.2, 0.25) is 0 Å². The number of thioether (sulfide) groups is 1. The zero-order chi connectivity index (χ0) is 10.6. The van der Waals surface area contributed by atoms with Crippen molar-refractivity contribution < 1.29 is 9.59 Å². The molecule has 1 aliphatic rings. The Morgan fingerprint density at radius 1 is 1.64 bits per heavy atom. The van der Waals surface area contributed by atoms with Gasteiger partial charge in [-0.25, -0.2) is 0 Å². The van der Waals surface area contributed by atoms with Crippen LogP contribution in [-0.2, 0) is 9.59 Å². The van der Waals surface area contributed by atoms with E-state index in [4.69, 9.17) is 0 Å². The summed E-state index contributed by atoms with van der Waals surface area (Å²) in [6, 6.07) is -0.309. The molecule has 0 aromatic carbocycles. The maximum atomic E-state index is 11.1. The van der Waals surface area contributed by atoms with Gasteiger partial charge in [0.1, 0.15) is 0 Å². The maximum Gasteiger partial charge on any atom is 0.244 e. The summed E-state index contributed by atoms with van der Waals surface area (Å²) in [4.78, 5) is 22.0. The van der Waals surface area contributed by atoms with Crippen LogP contribution < -0.4 is 10.6 Å². The van der Waals surface area contributed by atoms with Crippen molar-refractivity contribution in [2.24, 2.45) is 0 Å². The van der Waals surface area contributed by atoms with Crippen LogP contribution in [0.15, 0.2) is 0 Å². The number of amides is 2. The van der Waals surface area contributed by atoms with Crippen molar-refractivity contribution in [3.8, 4) is 0 Å². The minimum absolute atomic E-state index is 0.176. The molecule has 2 N–H and O–H groups in total. The Kier molecular flexibility index (Phi) is 4.41. The number of hydrogen-bond donors (Lipinski definition) is 2. The molecule has 0 aliphatic carbocycles. The molecule has 0 aromatic rings. The molecule has 80 valence electrons. The Morgan fingerprint density at radius 3 is 2.86 bits per heavy atom. The molecule has 1 heterocycles. The van der Waals surface area contributed by atoms with Crippen LogP contribution >= 0.6 is 11.8 Å². The van der Waals surface area contributed by atoms with Gasteiger partial charge in [0.05, 0.1) is 12.5 Å². The van der Waals surface area contributed by atoms with Crippen molar-refractivity contribution in [3.05, 3.63) is 0 Å². The van der Waals surface area contributed by atoms with Gasteiger partial charge in [-0.05, 0) is 19.2 Å². The number of nitrogens with one attached hydrogen (secondary N) is 2. The standard InChI is InChI=1S/C9H16N2O2S/c1-6(14-2)3-4-10-7-5-8(12)11-9(7)13/h6-7,10H,3-5H2,1-2H3,(H,11,12,13). The fourth-order valence-electron chi connectivity index (χ4n) is 1.30. The van der Waals surface area contributed by atoms with E-state index in [1.54, 1.807) is 11.8 Å². The zero-order valence-electron chi connectivity index (χ0n) is 8.50. The molecule has 5 heteroatoms. The third kappa shape index (κ3) is 3.31. The van der Waals surface area contributed by atoms with E-state index in [1.165, 1.54) is 0 Å².